The van der Waals surface area contributed by atoms with Crippen molar-refractivity contribution < 1.29 is 13.2 Å². The average Bonchev–Trinajstić information content (AvgIpc) is 3.31. The largest absolute Gasteiger partial charge is 0.358 e. The molecule has 34 heavy (non-hydrogen) atoms. The van der Waals surface area contributed by atoms with Crippen LogP contribution in [0.15, 0.2) is 47.8 Å². The van der Waals surface area contributed by atoms with Crippen LogP contribution >= 0.6 is 11.6 Å². The molecule has 5 rings (SSSR count). The number of imidazole rings is 1. The number of nitrogens with one attached hydrogen (secondary N) is 2. The summed E-state index contributed by atoms with van der Waals surface area (Å²) in [6, 6.07) is 5.09. The highest BCUT2D eigenvalue weighted by molar-refractivity contribution is 6.35. The lowest BCUT2D eigenvalue weighted by molar-refractivity contribution is 0.500. The lowest BCUT2D eigenvalue weighted by atomic mass is 10.1. The van der Waals surface area contributed by atoms with Gasteiger partial charge in [0.15, 0.2) is 23.1 Å². The molecule has 0 bridgehead atoms. The molecule has 0 fully saturated rings. The van der Waals surface area contributed by atoms with Crippen LogP contribution in [-0.2, 0) is 0 Å². The summed E-state index contributed by atoms with van der Waals surface area (Å²) in [7, 11) is 0. The Kier molecular flexibility index (Phi) is 5.40. The van der Waals surface area contributed by atoms with Gasteiger partial charge in [-0.25, -0.2) is 33.1 Å². The summed E-state index contributed by atoms with van der Waals surface area (Å²) >= 11 is 6.07. The average molecular weight is 486 g/mol. The number of rotatable bonds is 5. The molecule has 172 valence electrons. The third-order valence-electron chi connectivity index (χ3n) is 5.37. The minimum atomic E-state index is -1.26. The molecule has 3 heterocycles. The molecular weight excluding hydrogens is 471 g/mol. The number of fused-ring (bicyclic) bond motifs is 2. The topological polar surface area (TPSA) is 101 Å². The maximum absolute atomic E-state index is 14.9. The van der Waals surface area contributed by atoms with Gasteiger partial charge >= 0.3 is 0 Å². The maximum Gasteiger partial charge on any atom is 0.267 e. The fraction of sp³-hybridized carbons (Fsp3) is 0.136. The minimum absolute atomic E-state index is 0.0504. The van der Waals surface area contributed by atoms with Crippen LogP contribution in [0.4, 0.5) is 19.0 Å². The molecule has 0 unspecified atom stereocenters. The summed E-state index contributed by atoms with van der Waals surface area (Å²) in [5.74, 6) is -2.86. The number of halogens is 4. The van der Waals surface area contributed by atoms with E-state index >= 15 is 0 Å². The molecule has 0 aliphatic heterocycles. The van der Waals surface area contributed by atoms with Gasteiger partial charge in [0.1, 0.15) is 23.5 Å². The molecule has 0 spiro atoms. The monoisotopic (exact) mass is 485 g/mol. The normalized spacial score (nSPS) is 12.4. The molecule has 2 N–H and O–H groups in total. The van der Waals surface area contributed by atoms with Crippen molar-refractivity contribution in [1.82, 2.24) is 29.5 Å². The van der Waals surface area contributed by atoms with E-state index < -0.39 is 34.1 Å². The van der Waals surface area contributed by atoms with Gasteiger partial charge in [-0.2, -0.15) is 0 Å². The van der Waals surface area contributed by atoms with Crippen LogP contribution in [0.25, 0.3) is 27.8 Å². The van der Waals surface area contributed by atoms with Crippen LogP contribution < -0.4 is 10.9 Å². The van der Waals surface area contributed by atoms with E-state index in [1.54, 1.807) is 6.92 Å². The van der Waals surface area contributed by atoms with E-state index in [9.17, 15) is 18.0 Å². The fourth-order valence-corrected chi connectivity index (χ4v) is 3.98. The number of aromatic nitrogens is 6. The summed E-state index contributed by atoms with van der Waals surface area (Å²) < 4.78 is 44.0. The van der Waals surface area contributed by atoms with E-state index in [2.05, 4.69) is 30.2 Å². The highest BCUT2D eigenvalue weighted by Crippen LogP contribution is 2.29. The molecule has 2 aromatic carbocycles. The standard InChI is InChI=1S/C22H15ClF3N7O/c1-2-12(31-20-18-19(28-8-27-18)29-9-30-20)21-32-13-7-6-10(24)16(23)15(13)22(34)33(21)14-5-3-4-11(25)17(14)26/h3-9,12H,2H2,1H3,(H2,27,28,29,30,31)/t12-/m0/s1. The lowest BCUT2D eigenvalue weighted by Crippen LogP contribution is -2.29. The zero-order valence-electron chi connectivity index (χ0n) is 17.5. The van der Waals surface area contributed by atoms with Crippen molar-refractivity contribution in [3.8, 4) is 5.69 Å². The maximum atomic E-state index is 14.9. The molecule has 1 atom stereocenters. The second-order valence-corrected chi connectivity index (χ2v) is 7.74. The van der Waals surface area contributed by atoms with Gasteiger partial charge in [-0.3, -0.25) is 9.36 Å². The van der Waals surface area contributed by atoms with E-state index in [0.29, 0.717) is 23.4 Å². The van der Waals surface area contributed by atoms with Gasteiger partial charge in [-0.1, -0.05) is 24.6 Å². The molecule has 0 saturated heterocycles. The van der Waals surface area contributed by atoms with E-state index in [1.807, 2.05) is 0 Å². The SMILES string of the molecule is CC[C@H](Nc1ncnc2[nH]cnc12)c1nc2ccc(F)c(Cl)c2c(=O)n1-c1cccc(F)c1F. The van der Waals surface area contributed by atoms with Gasteiger partial charge < -0.3 is 10.3 Å². The Balaban J connectivity index is 1.79. The quantitative estimate of drug-likeness (QED) is 0.374. The van der Waals surface area contributed by atoms with Crippen LogP contribution in [0.1, 0.15) is 25.2 Å². The van der Waals surface area contributed by atoms with Crippen molar-refractivity contribution in [2.45, 2.75) is 19.4 Å². The smallest absolute Gasteiger partial charge is 0.267 e. The van der Waals surface area contributed by atoms with Gasteiger partial charge in [0, 0.05) is 0 Å². The minimum Gasteiger partial charge on any atom is -0.358 e. The van der Waals surface area contributed by atoms with Crippen molar-refractivity contribution in [1.29, 1.82) is 0 Å². The zero-order valence-corrected chi connectivity index (χ0v) is 18.2. The molecule has 12 heteroatoms. The molecule has 0 amide bonds. The Hall–Kier alpha value is -3.99. The Morgan fingerprint density at radius 1 is 1.12 bits per heavy atom. The molecule has 3 aromatic heterocycles. The third-order valence-corrected chi connectivity index (χ3v) is 5.74. The lowest BCUT2D eigenvalue weighted by Gasteiger charge is -2.22. The summed E-state index contributed by atoms with van der Waals surface area (Å²) in [5, 5.41) is 2.45. The number of hydrogen-bond acceptors (Lipinski definition) is 6. The first-order valence-electron chi connectivity index (χ1n) is 10.2. The van der Waals surface area contributed by atoms with Crippen LogP contribution in [-0.4, -0.2) is 29.5 Å². The van der Waals surface area contributed by atoms with Crippen LogP contribution in [0.5, 0.6) is 0 Å². The summed E-state index contributed by atoms with van der Waals surface area (Å²) in [4.78, 5) is 33.4. The van der Waals surface area contributed by atoms with E-state index in [-0.39, 0.29) is 22.4 Å². The number of benzene rings is 2. The van der Waals surface area contributed by atoms with E-state index in [4.69, 9.17) is 11.6 Å². The highest BCUT2D eigenvalue weighted by Gasteiger charge is 2.25. The van der Waals surface area contributed by atoms with E-state index in [1.165, 1.54) is 30.9 Å². The Bertz CT molecular complexity index is 1620. The number of nitrogens with zero attached hydrogens (tertiary/aromatic N) is 5. The summed E-state index contributed by atoms with van der Waals surface area (Å²) in [5.41, 5.74) is -0.205. The van der Waals surface area contributed by atoms with Gasteiger partial charge in [-0.05, 0) is 30.7 Å². The summed E-state index contributed by atoms with van der Waals surface area (Å²) in [6.45, 7) is 1.81. The second kappa shape index (κ2) is 8.41. The number of hydrogen-bond donors (Lipinski definition) is 2. The Morgan fingerprint density at radius 2 is 1.94 bits per heavy atom. The van der Waals surface area contributed by atoms with Crippen molar-refractivity contribution in [3.63, 3.8) is 0 Å². The van der Waals surface area contributed by atoms with Crippen molar-refractivity contribution in [2.24, 2.45) is 0 Å². The van der Waals surface area contributed by atoms with E-state index in [0.717, 1.165) is 16.7 Å². The second-order valence-electron chi connectivity index (χ2n) is 7.37. The van der Waals surface area contributed by atoms with Gasteiger partial charge in [0.25, 0.3) is 5.56 Å². The van der Waals surface area contributed by atoms with Crippen LogP contribution in [0.3, 0.4) is 0 Å². The predicted molar refractivity (Wildman–Crippen MR) is 121 cm³/mol. The number of anilines is 1. The molecule has 0 saturated carbocycles. The molecule has 0 aliphatic rings. The molecule has 0 radical (unpaired) electrons. The van der Waals surface area contributed by atoms with Gasteiger partial charge in [-0.15, -0.1) is 0 Å². The van der Waals surface area contributed by atoms with Gasteiger partial charge in [0.2, 0.25) is 0 Å². The van der Waals surface area contributed by atoms with Crippen molar-refractivity contribution >= 4 is 39.5 Å². The molecule has 0 aliphatic carbocycles. The number of aromatic amines is 1. The predicted octanol–water partition coefficient (Wildman–Crippen LogP) is 4.69. The third kappa shape index (κ3) is 3.45. The molecule has 8 nitrogen and oxygen atoms in total. The van der Waals surface area contributed by atoms with Gasteiger partial charge in [0.05, 0.1) is 34.0 Å². The van der Waals surface area contributed by atoms with Crippen molar-refractivity contribution in [2.75, 3.05) is 5.32 Å². The molecular formula is C22H15ClF3N7O. The fourth-order valence-electron chi connectivity index (χ4n) is 3.74. The first-order chi connectivity index (χ1) is 16.4. The van der Waals surface area contributed by atoms with Crippen molar-refractivity contribution in [3.05, 3.63) is 81.6 Å². The first-order valence-corrected chi connectivity index (χ1v) is 10.5. The highest BCUT2D eigenvalue weighted by atomic mass is 35.5. The first kappa shape index (κ1) is 21.8. The van der Waals surface area contributed by atoms with Crippen LogP contribution in [0.2, 0.25) is 5.02 Å². The summed E-state index contributed by atoms with van der Waals surface area (Å²) in [6.07, 6.45) is 3.14. The molecule has 5 aromatic rings. The Labute approximate surface area is 194 Å². The van der Waals surface area contributed by atoms with Crippen LogP contribution in [0, 0.1) is 17.5 Å². The number of H-pyrrole nitrogens is 1. The zero-order chi connectivity index (χ0) is 24.0. The Morgan fingerprint density at radius 3 is 2.74 bits per heavy atom.